The molecule has 3 nitrogen and oxygen atoms in total. The third-order valence-electron chi connectivity index (χ3n) is 3.34. The van der Waals surface area contributed by atoms with Gasteiger partial charge in [0, 0.05) is 6.42 Å². The molecule has 1 unspecified atom stereocenters. The first-order chi connectivity index (χ1) is 8.16. The van der Waals surface area contributed by atoms with Crippen LogP contribution in [0.3, 0.4) is 0 Å². The molecule has 0 saturated carbocycles. The standard InChI is InChI=1S/C14H18O3/c1-2-3-11-4-6-12(7-5-11)14(8-9-17-14)10-13(15)16/h4-7H,2-3,8-10H2,1H3,(H,15,16). The molecule has 1 aromatic rings. The van der Waals surface area contributed by atoms with E-state index >= 15 is 0 Å². The Morgan fingerprint density at radius 2 is 2.06 bits per heavy atom. The van der Waals surface area contributed by atoms with Crippen molar-refractivity contribution in [2.24, 2.45) is 0 Å². The van der Waals surface area contributed by atoms with E-state index in [4.69, 9.17) is 9.84 Å². The Bertz CT molecular complexity index is 390. The second-order valence-electron chi connectivity index (χ2n) is 4.61. The highest BCUT2D eigenvalue weighted by atomic mass is 16.5. The van der Waals surface area contributed by atoms with Crippen molar-refractivity contribution in [3.8, 4) is 0 Å². The van der Waals surface area contributed by atoms with Crippen molar-refractivity contribution in [3.63, 3.8) is 0 Å². The molecule has 1 heterocycles. The molecule has 1 atom stereocenters. The van der Waals surface area contributed by atoms with E-state index in [1.54, 1.807) is 0 Å². The van der Waals surface area contributed by atoms with Gasteiger partial charge >= 0.3 is 5.97 Å². The Labute approximate surface area is 101 Å². The molecular weight excluding hydrogens is 216 g/mol. The molecule has 2 rings (SSSR count). The zero-order valence-electron chi connectivity index (χ0n) is 10.1. The number of ether oxygens (including phenoxy) is 1. The fraction of sp³-hybridized carbons (Fsp3) is 0.500. The van der Waals surface area contributed by atoms with Crippen LogP contribution in [-0.2, 0) is 21.6 Å². The molecule has 1 aliphatic rings. The fourth-order valence-electron chi connectivity index (χ4n) is 2.33. The van der Waals surface area contributed by atoms with Crippen LogP contribution in [0.15, 0.2) is 24.3 Å². The van der Waals surface area contributed by atoms with E-state index in [2.05, 4.69) is 19.1 Å². The smallest absolute Gasteiger partial charge is 0.306 e. The van der Waals surface area contributed by atoms with Crippen LogP contribution in [0.2, 0.25) is 0 Å². The van der Waals surface area contributed by atoms with Gasteiger partial charge in [-0.25, -0.2) is 0 Å². The summed E-state index contributed by atoms with van der Waals surface area (Å²) in [5.74, 6) is -0.803. The molecular formula is C14H18O3. The van der Waals surface area contributed by atoms with Gasteiger partial charge in [-0.1, -0.05) is 37.6 Å². The highest BCUT2D eigenvalue weighted by molar-refractivity contribution is 5.69. The maximum absolute atomic E-state index is 10.9. The van der Waals surface area contributed by atoms with Gasteiger partial charge in [-0.05, 0) is 17.5 Å². The van der Waals surface area contributed by atoms with Gasteiger partial charge in [0.2, 0.25) is 0 Å². The van der Waals surface area contributed by atoms with Gasteiger partial charge in [0.05, 0.1) is 13.0 Å². The van der Waals surface area contributed by atoms with Crippen molar-refractivity contribution in [1.29, 1.82) is 0 Å². The monoisotopic (exact) mass is 234 g/mol. The third-order valence-corrected chi connectivity index (χ3v) is 3.34. The Morgan fingerprint density at radius 1 is 1.41 bits per heavy atom. The van der Waals surface area contributed by atoms with Gasteiger partial charge in [0.25, 0.3) is 0 Å². The first-order valence-electron chi connectivity index (χ1n) is 6.11. The Morgan fingerprint density at radius 3 is 2.47 bits per heavy atom. The van der Waals surface area contributed by atoms with Crippen LogP contribution in [0.5, 0.6) is 0 Å². The average Bonchev–Trinajstić information content (AvgIpc) is 2.25. The van der Waals surface area contributed by atoms with E-state index in [0.29, 0.717) is 6.61 Å². The van der Waals surface area contributed by atoms with E-state index in [-0.39, 0.29) is 6.42 Å². The summed E-state index contributed by atoms with van der Waals surface area (Å²) in [5.41, 5.74) is 1.71. The van der Waals surface area contributed by atoms with Crippen LogP contribution in [0, 0.1) is 0 Å². The molecule has 1 saturated heterocycles. The van der Waals surface area contributed by atoms with Crippen LogP contribution >= 0.6 is 0 Å². The predicted octanol–water partition coefficient (Wildman–Crippen LogP) is 2.73. The molecule has 1 aliphatic heterocycles. The first kappa shape index (κ1) is 12.1. The number of carboxylic acids is 1. The maximum Gasteiger partial charge on any atom is 0.306 e. The number of carbonyl (C=O) groups is 1. The number of benzene rings is 1. The molecule has 0 spiro atoms. The lowest BCUT2D eigenvalue weighted by Crippen LogP contribution is -2.42. The van der Waals surface area contributed by atoms with E-state index in [1.165, 1.54) is 5.56 Å². The van der Waals surface area contributed by atoms with Crippen LogP contribution in [0.4, 0.5) is 0 Å². The van der Waals surface area contributed by atoms with Crippen LogP contribution in [0.25, 0.3) is 0 Å². The van der Waals surface area contributed by atoms with E-state index in [0.717, 1.165) is 24.8 Å². The summed E-state index contributed by atoms with van der Waals surface area (Å²) in [4.78, 5) is 10.9. The van der Waals surface area contributed by atoms with Crippen LogP contribution < -0.4 is 0 Å². The summed E-state index contributed by atoms with van der Waals surface area (Å²) < 4.78 is 5.53. The summed E-state index contributed by atoms with van der Waals surface area (Å²) in [5, 5.41) is 8.93. The molecule has 0 aromatic heterocycles. The maximum atomic E-state index is 10.9. The zero-order chi connectivity index (χ0) is 12.3. The largest absolute Gasteiger partial charge is 0.481 e. The summed E-state index contributed by atoms with van der Waals surface area (Å²) in [6.45, 7) is 2.80. The van der Waals surface area contributed by atoms with Crippen molar-refractivity contribution in [1.82, 2.24) is 0 Å². The molecule has 0 aliphatic carbocycles. The summed E-state index contributed by atoms with van der Waals surface area (Å²) >= 11 is 0. The molecule has 92 valence electrons. The number of hydrogen-bond acceptors (Lipinski definition) is 2. The minimum absolute atomic E-state index is 0.0557. The van der Waals surface area contributed by atoms with Crippen LogP contribution in [-0.4, -0.2) is 17.7 Å². The fourth-order valence-corrected chi connectivity index (χ4v) is 2.33. The van der Waals surface area contributed by atoms with Crippen molar-refractivity contribution < 1.29 is 14.6 Å². The van der Waals surface area contributed by atoms with Crippen molar-refractivity contribution in [3.05, 3.63) is 35.4 Å². The minimum Gasteiger partial charge on any atom is -0.481 e. The molecule has 0 bridgehead atoms. The Kier molecular flexibility index (Phi) is 3.48. The van der Waals surface area contributed by atoms with Crippen molar-refractivity contribution in [2.75, 3.05) is 6.61 Å². The zero-order valence-corrected chi connectivity index (χ0v) is 10.1. The van der Waals surface area contributed by atoms with Crippen LogP contribution in [0.1, 0.15) is 37.3 Å². The van der Waals surface area contributed by atoms with Gasteiger partial charge in [0.1, 0.15) is 5.60 Å². The van der Waals surface area contributed by atoms with Crippen molar-refractivity contribution in [2.45, 2.75) is 38.2 Å². The summed E-state index contributed by atoms with van der Waals surface area (Å²) in [6, 6.07) is 8.16. The molecule has 0 radical (unpaired) electrons. The van der Waals surface area contributed by atoms with Gasteiger partial charge in [0.15, 0.2) is 0 Å². The lowest BCUT2D eigenvalue weighted by atomic mass is 9.83. The highest BCUT2D eigenvalue weighted by Gasteiger charge is 2.42. The average molecular weight is 234 g/mol. The quantitative estimate of drug-likeness (QED) is 0.852. The van der Waals surface area contributed by atoms with E-state index in [9.17, 15) is 4.79 Å². The highest BCUT2D eigenvalue weighted by Crippen LogP contribution is 2.40. The number of carboxylic acid groups (broad SMARTS) is 1. The number of aryl methyl sites for hydroxylation is 1. The molecule has 0 amide bonds. The SMILES string of the molecule is CCCc1ccc(C2(CC(=O)O)CCO2)cc1. The van der Waals surface area contributed by atoms with Gasteiger partial charge in [-0.2, -0.15) is 0 Å². The second kappa shape index (κ2) is 4.88. The molecule has 1 aromatic carbocycles. The Hall–Kier alpha value is -1.35. The topological polar surface area (TPSA) is 46.5 Å². The molecule has 1 fully saturated rings. The predicted molar refractivity (Wildman–Crippen MR) is 64.9 cm³/mol. The second-order valence-corrected chi connectivity index (χ2v) is 4.61. The molecule has 1 N–H and O–H groups in total. The molecule has 17 heavy (non-hydrogen) atoms. The minimum atomic E-state index is -0.803. The van der Waals surface area contributed by atoms with Crippen molar-refractivity contribution >= 4 is 5.97 Å². The lowest BCUT2D eigenvalue weighted by molar-refractivity contribution is -0.176. The number of aliphatic carboxylic acids is 1. The van der Waals surface area contributed by atoms with Gasteiger partial charge in [-0.3, -0.25) is 4.79 Å². The van der Waals surface area contributed by atoms with Gasteiger partial charge in [-0.15, -0.1) is 0 Å². The normalized spacial score (nSPS) is 23.1. The summed E-state index contributed by atoms with van der Waals surface area (Å²) in [6.07, 6.45) is 3.04. The first-order valence-corrected chi connectivity index (χ1v) is 6.11. The number of hydrogen-bond donors (Lipinski definition) is 1. The molecule has 3 heteroatoms. The van der Waals surface area contributed by atoms with Gasteiger partial charge < -0.3 is 9.84 Å². The van der Waals surface area contributed by atoms with E-state index < -0.39 is 11.6 Å². The third kappa shape index (κ3) is 2.50. The van der Waals surface area contributed by atoms with E-state index in [1.807, 2.05) is 12.1 Å². The summed E-state index contributed by atoms with van der Waals surface area (Å²) in [7, 11) is 0. The lowest BCUT2D eigenvalue weighted by Gasteiger charge is -2.41. The number of rotatable bonds is 5. The Balaban J connectivity index is 2.17.